The Morgan fingerprint density at radius 1 is 1.33 bits per heavy atom. The average Bonchev–Trinajstić information content (AvgIpc) is 3.09. The lowest BCUT2D eigenvalue weighted by Gasteiger charge is -2.34. The zero-order valence-corrected chi connectivity index (χ0v) is 14.0. The number of hydrogen-bond donors (Lipinski definition) is 1. The van der Waals surface area contributed by atoms with Gasteiger partial charge in [-0.3, -0.25) is 9.48 Å². The molecule has 0 spiro atoms. The number of carbonyl (C=O) groups is 1. The number of piperidine rings is 1. The van der Waals surface area contributed by atoms with Gasteiger partial charge in [0.1, 0.15) is 0 Å². The lowest BCUT2D eigenvalue weighted by molar-refractivity contribution is -0.134. The molecule has 0 aliphatic carbocycles. The second-order valence-corrected chi connectivity index (χ2v) is 5.73. The van der Waals surface area contributed by atoms with E-state index in [0.717, 1.165) is 45.3 Å². The molecule has 1 aromatic rings. The maximum absolute atomic E-state index is 12.4. The fraction of sp³-hybridized carbons (Fsp3) is 0.714. The van der Waals surface area contributed by atoms with Crippen LogP contribution >= 0.6 is 24.8 Å². The lowest BCUT2D eigenvalue weighted by atomic mass is 10.0. The summed E-state index contributed by atoms with van der Waals surface area (Å²) in [6, 6.07) is 0.394. The standard InChI is InChI=1S/C14H22N4O.2ClH/c1-11-8-16-18(9-11)12-4-3-7-17(10-12)14(19)13-5-2-6-15-13;;/h8-9,12-13,15H,2-7,10H2,1H3;2*1H. The van der Waals surface area contributed by atoms with Crippen molar-refractivity contribution in [3.8, 4) is 0 Å². The van der Waals surface area contributed by atoms with Gasteiger partial charge in [-0.1, -0.05) is 0 Å². The first-order valence-corrected chi connectivity index (χ1v) is 7.27. The molecule has 7 heteroatoms. The van der Waals surface area contributed by atoms with Gasteiger partial charge in [0.15, 0.2) is 0 Å². The van der Waals surface area contributed by atoms with Crippen LogP contribution in [0.4, 0.5) is 0 Å². The molecule has 0 saturated carbocycles. The fourth-order valence-electron chi connectivity index (χ4n) is 3.12. The normalized spacial score (nSPS) is 25.1. The van der Waals surface area contributed by atoms with Crippen molar-refractivity contribution >= 4 is 30.7 Å². The Kier molecular flexibility index (Phi) is 6.97. The minimum atomic E-state index is 0. The molecule has 1 aromatic heterocycles. The van der Waals surface area contributed by atoms with E-state index in [-0.39, 0.29) is 36.8 Å². The van der Waals surface area contributed by atoms with Gasteiger partial charge in [-0.15, -0.1) is 24.8 Å². The van der Waals surface area contributed by atoms with Crippen LogP contribution in [0.25, 0.3) is 0 Å². The number of aryl methyl sites for hydroxylation is 1. The van der Waals surface area contributed by atoms with E-state index < -0.39 is 0 Å². The smallest absolute Gasteiger partial charge is 0.239 e. The Bertz CT molecular complexity index is 460. The molecule has 1 amide bonds. The maximum Gasteiger partial charge on any atom is 0.239 e. The number of nitrogens with one attached hydrogen (secondary N) is 1. The first-order chi connectivity index (χ1) is 9.24. The van der Waals surface area contributed by atoms with Crippen LogP contribution in [-0.4, -0.2) is 46.3 Å². The molecule has 3 rings (SSSR count). The summed E-state index contributed by atoms with van der Waals surface area (Å²) in [6.45, 7) is 4.73. The monoisotopic (exact) mass is 334 g/mol. The second-order valence-electron chi connectivity index (χ2n) is 5.73. The van der Waals surface area contributed by atoms with Gasteiger partial charge in [-0.2, -0.15) is 5.10 Å². The number of carbonyl (C=O) groups excluding carboxylic acids is 1. The van der Waals surface area contributed by atoms with Crippen LogP contribution < -0.4 is 5.32 Å². The highest BCUT2D eigenvalue weighted by molar-refractivity contribution is 5.85. The molecule has 2 atom stereocenters. The summed E-state index contributed by atoms with van der Waals surface area (Å²) in [5.41, 5.74) is 1.18. The first kappa shape index (κ1) is 18.3. The molecule has 120 valence electrons. The van der Waals surface area contributed by atoms with Crippen LogP contribution in [0.3, 0.4) is 0 Å². The summed E-state index contributed by atoms with van der Waals surface area (Å²) in [6.07, 6.45) is 8.25. The highest BCUT2D eigenvalue weighted by Gasteiger charge is 2.31. The molecule has 2 saturated heterocycles. The van der Waals surface area contributed by atoms with E-state index in [1.54, 1.807) is 0 Å². The van der Waals surface area contributed by atoms with Crippen LogP contribution in [0.5, 0.6) is 0 Å². The van der Waals surface area contributed by atoms with Crippen molar-refractivity contribution in [1.29, 1.82) is 0 Å². The molecule has 0 aromatic carbocycles. The molecule has 2 unspecified atom stereocenters. The zero-order chi connectivity index (χ0) is 13.2. The summed E-state index contributed by atoms with van der Waals surface area (Å²) in [4.78, 5) is 14.4. The largest absolute Gasteiger partial charge is 0.339 e. The Hall–Kier alpha value is -0.780. The van der Waals surface area contributed by atoms with Crippen molar-refractivity contribution in [2.24, 2.45) is 0 Å². The van der Waals surface area contributed by atoms with E-state index in [0.29, 0.717) is 6.04 Å². The predicted molar refractivity (Wildman–Crippen MR) is 87.3 cm³/mol. The molecule has 1 N–H and O–H groups in total. The van der Waals surface area contributed by atoms with Gasteiger partial charge in [0, 0.05) is 19.3 Å². The Morgan fingerprint density at radius 3 is 2.76 bits per heavy atom. The van der Waals surface area contributed by atoms with Gasteiger partial charge >= 0.3 is 0 Å². The highest BCUT2D eigenvalue weighted by Crippen LogP contribution is 2.22. The van der Waals surface area contributed by atoms with Crippen molar-refractivity contribution in [1.82, 2.24) is 20.0 Å². The van der Waals surface area contributed by atoms with Gasteiger partial charge in [-0.05, 0) is 44.7 Å². The van der Waals surface area contributed by atoms with E-state index >= 15 is 0 Å². The molecular formula is C14H24Cl2N4O. The van der Waals surface area contributed by atoms with Gasteiger partial charge in [0.2, 0.25) is 5.91 Å². The molecule has 3 heterocycles. The highest BCUT2D eigenvalue weighted by atomic mass is 35.5. The summed E-state index contributed by atoms with van der Waals surface area (Å²) >= 11 is 0. The van der Waals surface area contributed by atoms with Crippen LogP contribution in [0, 0.1) is 6.92 Å². The minimum absolute atomic E-state index is 0. The Balaban J connectivity index is 0.00000110. The van der Waals surface area contributed by atoms with E-state index in [1.165, 1.54) is 5.56 Å². The third-order valence-corrected chi connectivity index (χ3v) is 4.17. The van der Waals surface area contributed by atoms with Crippen molar-refractivity contribution in [3.05, 3.63) is 18.0 Å². The predicted octanol–water partition coefficient (Wildman–Crippen LogP) is 1.95. The second kappa shape index (κ2) is 8.01. The number of halogens is 2. The van der Waals surface area contributed by atoms with Gasteiger partial charge < -0.3 is 10.2 Å². The molecule has 21 heavy (non-hydrogen) atoms. The fourth-order valence-corrected chi connectivity index (χ4v) is 3.12. The number of rotatable bonds is 2. The Labute approximate surface area is 138 Å². The van der Waals surface area contributed by atoms with E-state index in [1.807, 2.05) is 15.8 Å². The average molecular weight is 335 g/mol. The van der Waals surface area contributed by atoms with Crippen molar-refractivity contribution in [3.63, 3.8) is 0 Å². The number of amides is 1. The molecule has 2 fully saturated rings. The van der Waals surface area contributed by atoms with Crippen LogP contribution in [0.1, 0.15) is 37.3 Å². The van der Waals surface area contributed by atoms with Crippen LogP contribution in [-0.2, 0) is 4.79 Å². The summed E-state index contributed by atoms with van der Waals surface area (Å²) in [7, 11) is 0. The van der Waals surface area contributed by atoms with E-state index in [9.17, 15) is 4.79 Å². The zero-order valence-electron chi connectivity index (χ0n) is 12.3. The summed E-state index contributed by atoms with van der Waals surface area (Å²) < 4.78 is 2.02. The van der Waals surface area contributed by atoms with Crippen molar-refractivity contribution in [2.75, 3.05) is 19.6 Å². The molecule has 5 nitrogen and oxygen atoms in total. The third-order valence-electron chi connectivity index (χ3n) is 4.17. The molecule has 2 aliphatic rings. The number of nitrogens with zero attached hydrogens (tertiary/aromatic N) is 3. The molecular weight excluding hydrogens is 311 g/mol. The lowest BCUT2D eigenvalue weighted by Crippen LogP contribution is -2.48. The van der Waals surface area contributed by atoms with Gasteiger partial charge in [-0.25, -0.2) is 0 Å². The number of hydrogen-bond acceptors (Lipinski definition) is 3. The molecule has 0 radical (unpaired) electrons. The SMILES string of the molecule is Cc1cnn(C2CCCN(C(=O)C3CCCN3)C2)c1.Cl.Cl. The van der Waals surface area contributed by atoms with Crippen molar-refractivity contribution < 1.29 is 4.79 Å². The molecule has 0 bridgehead atoms. The Morgan fingerprint density at radius 2 is 2.14 bits per heavy atom. The summed E-state index contributed by atoms with van der Waals surface area (Å²) in [5, 5.41) is 7.69. The van der Waals surface area contributed by atoms with Gasteiger partial charge in [0.05, 0.1) is 18.3 Å². The molecule has 2 aliphatic heterocycles. The maximum atomic E-state index is 12.4. The summed E-state index contributed by atoms with van der Waals surface area (Å²) in [5.74, 6) is 0.283. The number of aromatic nitrogens is 2. The minimum Gasteiger partial charge on any atom is -0.339 e. The van der Waals surface area contributed by atoms with Crippen LogP contribution in [0.2, 0.25) is 0 Å². The van der Waals surface area contributed by atoms with Crippen LogP contribution in [0.15, 0.2) is 12.4 Å². The third kappa shape index (κ3) is 4.11. The van der Waals surface area contributed by atoms with E-state index in [4.69, 9.17) is 0 Å². The topological polar surface area (TPSA) is 50.2 Å². The van der Waals surface area contributed by atoms with E-state index in [2.05, 4.69) is 23.5 Å². The first-order valence-electron chi connectivity index (χ1n) is 7.27. The quantitative estimate of drug-likeness (QED) is 0.899. The number of likely N-dealkylation sites (tertiary alicyclic amines) is 1. The van der Waals surface area contributed by atoms with Gasteiger partial charge in [0.25, 0.3) is 0 Å². The van der Waals surface area contributed by atoms with Crippen molar-refractivity contribution in [2.45, 2.75) is 44.7 Å².